The lowest BCUT2D eigenvalue weighted by Crippen LogP contribution is -2.58. The van der Waals surface area contributed by atoms with Crippen LogP contribution in [0.3, 0.4) is 0 Å². The van der Waals surface area contributed by atoms with Crippen molar-refractivity contribution in [2.75, 3.05) is 31.6 Å². The number of hydrogen-bond donors (Lipinski definition) is 3. The molecule has 0 radical (unpaired) electrons. The fourth-order valence-corrected chi connectivity index (χ4v) is 4.12. The first-order valence-electron chi connectivity index (χ1n) is 10.1. The maximum atomic E-state index is 13.0. The van der Waals surface area contributed by atoms with Gasteiger partial charge in [0.2, 0.25) is 5.91 Å². The molecule has 30 heavy (non-hydrogen) atoms. The van der Waals surface area contributed by atoms with Gasteiger partial charge in [-0.3, -0.25) is 4.79 Å². The van der Waals surface area contributed by atoms with Gasteiger partial charge in [0, 0.05) is 12.2 Å². The lowest BCUT2D eigenvalue weighted by Gasteiger charge is -2.44. The molecule has 3 rings (SSSR count). The standard InChI is InChI=1S/C20H27Cl2N3O5/c1-2-23-19(27)8-14-4-6-17-18(30-14)11-29-10-13(26)9-25(17)20(28)24-12-3-5-15(21)16(22)7-12/h3,5,7,13-14,17-18,26H,2,4,6,8-11H2,1H3,(H,23,27)(H,24,28)/t13-,14-,17-,18+/m0/s1. The number of benzene rings is 1. The van der Waals surface area contributed by atoms with Gasteiger partial charge in [-0.15, -0.1) is 0 Å². The van der Waals surface area contributed by atoms with Crippen molar-refractivity contribution in [3.05, 3.63) is 28.2 Å². The Bertz CT molecular complexity index is 766. The van der Waals surface area contributed by atoms with Crippen LogP contribution in [-0.2, 0) is 14.3 Å². The Balaban J connectivity index is 1.71. The summed E-state index contributed by atoms with van der Waals surface area (Å²) in [5, 5.41) is 16.5. The molecule has 4 atom stereocenters. The van der Waals surface area contributed by atoms with E-state index in [-0.39, 0.29) is 56.4 Å². The molecule has 0 spiro atoms. The van der Waals surface area contributed by atoms with E-state index in [1.165, 1.54) is 0 Å². The molecule has 0 unspecified atom stereocenters. The zero-order chi connectivity index (χ0) is 21.7. The average Bonchev–Trinajstić information content (AvgIpc) is 2.68. The largest absolute Gasteiger partial charge is 0.389 e. The van der Waals surface area contributed by atoms with Crippen LogP contribution in [0.5, 0.6) is 0 Å². The number of hydrogen-bond acceptors (Lipinski definition) is 5. The van der Waals surface area contributed by atoms with Crippen LogP contribution in [0.15, 0.2) is 18.2 Å². The molecule has 0 saturated carbocycles. The molecule has 2 saturated heterocycles. The number of fused-ring (bicyclic) bond motifs is 1. The van der Waals surface area contributed by atoms with Gasteiger partial charge in [-0.05, 0) is 38.0 Å². The summed E-state index contributed by atoms with van der Waals surface area (Å²) in [5.41, 5.74) is 0.504. The fraction of sp³-hybridized carbons (Fsp3) is 0.600. The molecule has 2 heterocycles. The van der Waals surface area contributed by atoms with Crippen molar-refractivity contribution >= 4 is 40.8 Å². The molecular formula is C20H27Cl2N3O5. The molecule has 3 amide bonds. The Morgan fingerprint density at radius 3 is 2.77 bits per heavy atom. The van der Waals surface area contributed by atoms with Crippen molar-refractivity contribution in [1.29, 1.82) is 0 Å². The minimum absolute atomic E-state index is 0.0580. The van der Waals surface area contributed by atoms with Crippen LogP contribution >= 0.6 is 23.2 Å². The molecule has 2 aliphatic heterocycles. The molecule has 3 N–H and O–H groups in total. The number of nitrogens with zero attached hydrogens (tertiary/aromatic N) is 1. The lowest BCUT2D eigenvalue weighted by molar-refractivity contribution is -0.149. The molecule has 8 nitrogen and oxygen atoms in total. The second-order valence-electron chi connectivity index (χ2n) is 7.50. The molecule has 2 fully saturated rings. The van der Waals surface area contributed by atoms with E-state index >= 15 is 0 Å². The van der Waals surface area contributed by atoms with Gasteiger partial charge in [0.25, 0.3) is 0 Å². The maximum absolute atomic E-state index is 13.0. The maximum Gasteiger partial charge on any atom is 0.322 e. The number of β-amino-alcohol motifs (C(OH)–C–C–N with tert-alkyl or cyclic N) is 1. The van der Waals surface area contributed by atoms with Crippen LogP contribution in [0, 0.1) is 0 Å². The predicted octanol–water partition coefficient (Wildman–Crippen LogP) is 2.66. The van der Waals surface area contributed by atoms with Gasteiger partial charge in [0.05, 0.1) is 54.5 Å². The number of carbonyl (C=O) groups is 2. The van der Waals surface area contributed by atoms with Gasteiger partial charge in [0.1, 0.15) is 6.10 Å². The number of anilines is 1. The molecule has 10 heteroatoms. The van der Waals surface area contributed by atoms with Gasteiger partial charge >= 0.3 is 6.03 Å². The van der Waals surface area contributed by atoms with E-state index in [4.69, 9.17) is 32.7 Å². The van der Waals surface area contributed by atoms with Gasteiger partial charge in [-0.25, -0.2) is 4.79 Å². The normalized spacial score (nSPS) is 26.9. The Labute approximate surface area is 185 Å². The smallest absolute Gasteiger partial charge is 0.322 e. The van der Waals surface area contributed by atoms with Crippen LogP contribution in [0.2, 0.25) is 10.0 Å². The van der Waals surface area contributed by atoms with Crippen LogP contribution in [0.1, 0.15) is 26.2 Å². The molecule has 166 valence electrons. The summed E-state index contributed by atoms with van der Waals surface area (Å²) in [6.07, 6.45) is 0.120. The van der Waals surface area contributed by atoms with E-state index in [1.807, 2.05) is 6.92 Å². The highest BCUT2D eigenvalue weighted by Crippen LogP contribution is 2.29. The summed E-state index contributed by atoms with van der Waals surface area (Å²) in [5.74, 6) is -0.0580. The predicted molar refractivity (Wildman–Crippen MR) is 114 cm³/mol. The first-order chi connectivity index (χ1) is 14.4. The number of aliphatic hydroxyl groups excluding tert-OH is 1. The van der Waals surface area contributed by atoms with Crippen LogP contribution < -0.4 is 10.6 Å². The molecule has 1 aromatic carbocycles. The minimum Gasteiger partial charge on any atom is -0.389 e. The second kappa shape index (κ2) is 10.6. The van der Waals surface area contributed by atoms with E-state index in [0.29, 0.717) is 35.1 Å². The Morgan fingerprint density at radius 2 is 2.03 bits per heavy atom. The van der Waals surface area contributed by atoms with E-state index < -0.39 is 6.10 Å². The average molecular weight is 460 g/mol. The summed E-state index contributed by atoms with van der Waals surface area (Å²) in [7, 11) is 0. The zero-order valence-electron chi connectivity index (χ0n) is 16.8. The van der Waals surface area contributed by atoms with Crippen LogP contribution in [0.25, 0.3) is 0 Å². The molecule has 0 aliphatic carbocycles. The summed E-state index contributed by atoms with van der Waals surface area (Å²) in [6, 6.07) is 4.19. The third-order valence-corrected chi connectivity index (χ3v) is 5.94. The second-order valence-corrected chi connectivity index (χ2v) is 8.32. The highest BCUT2D eigenvalue weighted by Gasteiger charge is 2.40. The fourth-order valence-electron chi connectivity index (χ4n) is 3.82. The van der Waals surface area contributed by atoms with Crippen LogP contribution in [0.4, 0.5) is 10.5 Å². The number of nitrogens with one attached hydrogen (secondary N) is 2. The number of carbonyl (C=O) groups excluding carboxylic acids is 2. The SMILES string of the molecule is CCNC(=O)C[C@@H]1CC[C@H]2[C@@H](COC[C@@H](O)CN2C(=O)Nc2ccc(Cl)c(Cl)c2)O1. The lowest BCUT2D eigenvalue weighted by atomic mass is 9.95. The first kappa shape index (κ1) is 23.1. The van der Waals surface area contributed by atoms with Crippen molar-refractivity contribution in [1.82, 2.24) is 10.2 Å². The molecule has 0 bridgehead atoms. The highest BCUT2D eigenvalue weighted by molar-refractivity contribution is 6.42. The molecule has 0 aromatic heterocycles. The number of aliphatic hydroxyl groups is 1. The topological polar surface area (TPSA) is 100 Å². The number of rotatable bonds is 4. The van der Waals surface area contributed by atoms with Crippen LogP contribution in [-0.4, -0.2) is 72.6 Å². The van der Waals surface area contributed by atoms with Crippen molar-refractivity contribution in [2.24, 2.45) is 0 Å². The number of halogens is 2. The van der Waals surface area contributed by atoms with E-state index in [9.17, 15) is 14.7 Å². The summed E-state index contributed by atoms with van der Waals surface area (Å²) >= 11 is 12.0. The minimum atomic E-state index is -0.807. The number of ether oxygens (including phenoxy) is 2. The highest BCUT2D eigenvalue weighted by atomic mass is 35.5. The third kappa shape index (κ3) is 5.98. The number of urea groups is 1. The van der Waals surface area contributed by atoms with Gasteiger partial charge in [-0.2, -0.15) is 0 Å². The summed E-state index contributed by atoms with van der Waals surface area (Å²) in [4.78, 5) is 26.5. The Morgan fingerprint density at radius 1 is 1.23 bits per heavy atom. The molecule has 1 aromatic rings. The summed E-state index contributed by atoms with van der Waals surface area (Å²) in [6.45, 7) is 2.89. The van der Waals surface area contributed by atoms with Crippen molar-refractivity contribution in [3.8, 4) is 0 Å². The zero-order valence-corrected chi connectivity index (χ0v) is 18.3. The van der Waals surface area contributed by atoms with E-state index in [2.05, 4.69) is 10.6 Å². The first-order valence-corrected chi connectivity index (χ1v) is 10.8. The molecular weight excluding hydrogens is 433 g/mol. The third-order valence-electron chi connectivity index (χ3n) is 5.20. The van der Waals surface area contributed by atoms with E-state index in [1.54, 1.807) is 23.1 Å². The molecule has 2 aliphatic rings. The monoisotopic (exact) mass is 459 g/mol. The Kier molecular flexibility index (Phi) is 8.19. The van der Waals surface area contributed by atoms with Crippen molar-refractivity contribution in [2.45, 2.75) is 50.5 Å². The summed E-state index contributed by atoms with van der Waals surface area (Å²) < 4.78 is 11.7. The Hall–Kier alpha value is -1.58. The number of amides is 3. The van der Waals surface area contributed by atoms with E-state index in [0.717, 1.165) is 0 Å². The quantitative estimate of drug-likeness (QED) is 0.642. The van der Waals surface area contributed by atoms with Gasteiger partial charge in [0.15, 0.2) is 0 Å². The van der Waals surface area contributed by atoms with Crippen molar-refractivity contribution in [3.63, 3.8) is 0 Å². The van der Waals surface area contributed by atoms with Gasteiger partial charge in [-0.1, -0.05) is 23.2 Å². The van der Waals surface area contributed by atoms with Gasteiger partial charge < -0.3 is 30.1 Å². The van der Waals surface area contributed by atoms with Crippen molar-refractivity contribution < 1.29 is 24.2 Å².